The fraction of sp³-hybridized carbons (Fsp3) is 0.632. The summed E-state index contributed by atoms with van der Waals surface area (Å²) in [6, 6.07) is 5.63. The third kappa shape index (κ3) is 3.60. The van der Waals surface area contributed by atoms with Gasteiger partial charge >= 0.3 is 0 Å². The van der Waals surface area contributed by atoms with Gasteiger partial charge in [0.25, 0.3) is 5.79 Å². The van der Waals surface area contributed by atoms with Crippen molar-refractivity contribution in [2.24, 2.45) is 0 Å². The van der Waals surface area contributed by atoms with Crippen LogP contribution >= 0.6 is 0 Å². The molecule has 136 valence electrons. The predicted molar refractivity (Wildman–Crippen MR) is 94.0 cm³/mol. The van der Waals surface area contributed by atoms with Gasteiger partial charge in [0.05, 0.1) is 18.8 Å². The van der Waals surface area contributed by atoms with Crippen molar-refractivity contribution in [2.75, 3.05) is 25.0 Å². The average Bonchev–Trinajstić information content (AvgIpc) is 3.12. The lowest BCUT2D eigenvalue weighted by molar-refractivity contribution is -0.121. The molecule has 0 bridgehead atoms. The molecule has 1 aromatic carbocycles. The van der Waals surface area contributed by atoms with Gasteiger partial charge in [0.2, 0.25) is 5.91 Å². The van der Waals surface area contributed by atoms with E-state index in [1.807, 2.05) is 32.0 Å². The fourth-order valence-corrected chi connectivity index (χ4v) is 4.11. The number of nitrogens with one attached hydrogen (secondary N) is 1. The van der Waals surface area contributed by atoms with E-state index in [2.05, 4.69) is 10.2 Å². The molecule has 1 saturated heterocycles. The van der Waals surface area contributed by atoms with Gasteiger partial charge in [0.1, 0.15) is 0 Å². The summed E-state index contributed by atoms with van der Waals surface area (Å²) in [5, 5.41) is 2.97. The van der Waals surface area contributed by atoms with Gasteiger partial charge in [-0.15, -0.1) is 0 Å². The van der Waals surface area contributed by atoms with Crippen molar-refractivity contribution < 1.29 is 19.0 Å². The maximum Gasteiger partial charge on any atom is 0.251 e. The monoisotopic (exact) mass is 346 g/mol. The number of amides is 1. The Bertz CT molecular complexity index is 647. The zero-order chi connectivity index (χ0) is 17.4. The average molecular weight is 346 g/mol. The molecule has 4 rings (SSSR count). The molecule has 1 spiro atoms. The number of ether oxygens (including phenoxy) is 3. The van der Waals surface area contributed by atoms with Crippen LogP contribution in [0.15, 0.2) is 18.2 Å². The van der Waals surface area contributed by atoms with Crippen LogP contribution in [0.5, 0.6) is 11.5 Å². The van der Waals surface area contributed by atoms with Gasteiger partial charge in [0.15, 0.2) is 11.5 Å². The molecule has 1 N–H and O–H groups in total. The Labute approximate surface area is 148 Å². The summed E-state index contributed by atoms with van der Waals surface area (Å²) in [4.78, 5) is 14.5. The maximum atomic E-state index is 12.4. The lowest BCUT2D eigenvalue weighted by Crippen LogP contribution is -2.48. The molecular formula is C19H26N2O4. The first-order chi connectivity index (χ1) is 12.0. The SMILES string of the molecule is C[C@@H]1CN(CC(=O)Nc2ccc3c(c2)OC2(CCCC2)O3)C[C@H](C)O1. The predicted octanol–water partition coefficient (Wildman–Crippen LogP) is 2.78. The highest BCUT2D eigenvalue weighted by atomic mass is 16.7. The van der Waals surface area contributed by atoms with E-state index < -0.39 is 5.79 Å². The number of nitrogens with zero attached hydrogens (tertiary/aromatic N) is 1. The Morgan fingerprint density at radius 3 is 2.56 bits per heavy atom. The lowest BCUT2D eigenvalue weighted by Gasteiger charge is -2.34. The third-order valence-corrected chi connectivity index (χ3v) is 5.05. The van der Waals surface area contributed by atoms with Crippen molar-refractivity contribution in [2.45, 2.75) is 57.5 Å². The fourth-order valence-electron chi connectivity index (χ4n) is 4.11. The number of hydrogen-bond acceptors (Lipinski definition) is 5. The molecule has 6 heteroatoms. The van der Waals surface area contributed by atoms with Gasteiger partial charge in [-0.05, 0) is 38.8 Å². The molecule has 2 aliphatic heterocycles. The second kappa shape index (κ2) is 6.50. The number of rotatable bonds is 3. The number of hydrogen-bond donors (Lipinski definition) is 1. The van der Waals surface area contributed by atoms with E-state index in [0.29, 0.717) is 6.54 Å². The molecule has 25 heavy (non-hydrogen) atoms. The van der Waals surface area contributed by atoms with Crippen LogP contribution in [-0.4, -0.2) is 48.4 Å². The quantitative estimate of drug-likeness (QED) is 0.912. The minimum atomic E-state index is -0.467. The van der Waals surface area contributed by atoms with E-state index >= 15 is 0 Å². The lowest BCUT2D eigenvalue weighted by atomic mass is 10.2. The second-order valence-corrected chi connectivity index (χ2v) is 7.48. The Kier molecular flexibility index (Phi) is 4.33. The number of morpholine rings is 1. The van der Waals surface area contributed by atoms with Gasteiger partial charge in [-0.1, -0.05) is 0 Å². The molecule has 1 saturated carbocycles. The van der Waals surface area contributed by atoms with Crippen molar-refractivity contribution in [3.8, 4) is 11.5 Å². The van der Waals surface area contributed by atoms with E-state index in [-0.39, 0.29) is 18.1 Å². The number of carbonyl (C=O) groups excluding carboxylic acids is 1. The summed E-state index contributed by atoms with van der Waals surface area (Å²) >= 11 is 0. The minimum Gasteiger partial charge on any atom is -0.448 e. The number of anilines is 1. The van der Waals surface area contributed by atoms with Crippen molar-refractivity contribution in [1.29, 1.82) is 0 Å². The van der Waals surface area contributed by atoms with E-state index in [1.165, 1.54) is 0 Å². The first kappa shape index (κ1) is 16.7. The van der Waals surface area contributed by atoms with Crippen LogP contribution in [-0.2, 0) is 9.53 Å². The summed E-state index contributed by atoms with van der Waals surface area (Å²) in [7, 11) is 0. The first-order valence-electron chi connectivity index (χ1n) is 9.21. The molecule has 1 aliphatic carbocycles. The van der Waals surface area contributed by atoms with Crippen LogP contribution in [0.4, 0.5) is 5.69 Å². The molecule has 0 unspecified atom stereocenters. The second-order valence-electron chi connectivity index (χ2n) is 7.48. The molecule has 1 amide bonds. The van der Waals surface area contributed by atoms with E-state index in [0.717, 1.165) is 56.0 Å². The largest absolute Gasteiger partial charge is 0.448 e. The van der Waals surface area contributed by atoms with Crippen molar-refractivity contribution in [3.05, 3.63) is 18.2 Å². The molecule has 0 aromatic heterocycles. The molecule has 1 aromatic rings. The Balaban J connectivity index is 1.36. The van der Waals surface area contributed by atoms with E-state index in [1.54, 1.807) is 0 Å². The highest BCUT2D eigenvalue weighted by Gasteiger charge is 2.44. The molecule has 2 atom stereocenters. The zero-order valence-corrected chi connectivity index (χ0v) is 14.9. The number of fused-ring (bicyclic) bond motifs is 1. The molecule has 2 fully saturated rings. The van der Waals surface area contributed by atoms with Gasteiger partial charge in [-0.2, -0.15) is 0 Å². The van der Waals surface area contributed by atoms with Crippen LogP contribution in [0, 0.1) is 0 Å². The minimum absolute atomic E-state index is 0.0178. The number of carbonyl (C=O) groups is 1. The van der Waals surface area contributed by atoms with Crippen LogP contribution in [0.2, 0.25) is 0 Å². The van der Waals surface area contributed by atoms with E-state index in [4.69, 9.17) is 14.2 Å². The van der Waals surface area contributed by atoms with Gasteiger partial charge < -0.3 is 19.5 Å². The Morgan fingerprint density at radius 2 is 1.84 bits per heavy atom. The molecular weight excluding hydrogens is 320 g/mol. The van der Waals surface area contributed by atoms with Crippen molar-refractivity contribution in [3.63, 3.8) is 0 Å². The topological polar surface area (TPSA) is 60.0 Å². The summed E-state index contributed by atoms with van der Waals surface area (Å²) in [6.45, 7) is 6.01. The van der Waals surface area contributed by atoms with Crippen LogP contribution in [0.3, 0.4) is 0 Å². The highest BCUT2D eigenvalue weighted by molar-refractivity contribution is 5.92. The molecule has 2 heterocycles. The summed E-state index contributed by atoms with van der Waals surface area (Å²) in [6.07, 6.45) is 4.43. The van der Waals surface area contributed by atoms with Crippen LogP contribution < -0.4 is 14.8 Å². The van der Waals surface area contributed by atoms with Crippen molar-refractivity contribution >= 4 is 11.6 Å². The third-order valence-electron chi connectivity index (χ3n) is 5.05. The highest BCUT2D eigenvalue weighted by Crippen LogP contribution is 2.47. The zero-order valence-electron chi connectivity index (χ0n) is 14.9. The maximum absolute atomic E-state index is 12.4. The van der Waals surface area contributed by atoms with Gasteiger partial charge in [-0.3, -0.25) is 9.69 Å². The van der Waals surface area contributed by atoms with Crippen LogP contribution in [0.25, 0.3) is 0 Å². The summed E-state index contributed by atoms with van der Waals surface area (Å²) in [5.41, 5.74) is 0.747. The smallest absolute Gasteiger partial charge is 0.251 e. The summed E-state index contributed by atoms with van der Waals surface area (Å²) < 4.78 is 17.8. The first-order valence-corrected chi connectivity index (χ1v) is 9.21. The Hall–Kier alpha value is -1.79. The summed E-state index contributed by atoms with van der Waals surface area (Å²) in [5.74, 6) is 1.02. The molecule has 6 nitrogen and oxygen atoms in total. The molecule has 0 radical (unpaired) electrons. The number of benzene rings is 1. The Morgan fingerprint density at radius 1 is 1.16 bits per heavy atom. The van der Waals surface area contributed by atoms with Crippen LogP contribution in [0.1, 0.15) is 39.5 Å². The normalized spacial score (nSPS) is 27.6. The van der Waals surface area contributed by atoms with Gasteiger partial charge in [-0.25, -0.2) is 0 Å². The standard InChI is InChI=1S/C19H26N2O4/c1-13-10-21(11-14(2)23-13)12-18(22)20-15-5-6-16-17(9-15)25-19(24-16)7-3-4-8-19/h5-6,9,13-14H,3-4,7-8,10-12H2,1-2H3,(H,20,22)/t13-,14+. The molecule has 3 aliphatic rings. The van der Waals surface area contributed by atoms with Crippen molar-refractivity contribution in [1.82, 2.24) is 4.90 Å². The van der Waals surface area contributed by atoms with E-state index in [9.17, 15) is 4.79 Å². The van der Waals surface area contributed by atoms with Gasteiger partial charge in [0, 0.05) is 37.7 Å².